The van der Waals surface area contributed by atoms with E-state index in [4.69, 9.17) is 0 Å². The Morgan fingerprint density at radius 1 is 1.42 bits per heavy atom. The Morgan fingerprint density at radius 2 is 2.26 bits per heavy atom. The normalized spacial score (nSPS) is 17.6. The molecule has 0 aromatic carbocycles. The van der Waals surface area contributed by atoms with Gasteiger partial charge in [-0.25, -0.2) is 4.98 Å². The van der Waals surface area contributed by atoms with E-state index >= 15 is 0 Å². The van der Waals surface area contributed by atoms with Gasteiger partial charge in [0.05, 0.1) is 6.20 Å². The van der Waals surface area contributed by atoms with Crippen LogP contribution in [0.1, 0.15) is 36.5 Å². The molecule has 2 aromatic rings. The van der Waals surface area contributed by atoms with Gasteiger partial charge in [-0.1, -0.05) is 13.8 Å². The highest BCUT2D eigenvalue weighted by atomic mass is 15.2. The first-order valence-electron chi connectivity index (χ1n) is 6.84. The molecular weight excluding hydrogens is 236 g/mol. The van der Waals surface area contributed by atoms with Crippen molar-refractivity contribution in [1.82, 2.24) is 14.8 Å². The molecule has 1 aliphatic rings. The molecule has 1 N–H and O–H groups in total. The van der Waals surface area contributed by atoms with Gasteiger partial charge in [0.2, 0.25) is 0 Å². The molecule has 3 rings (SSSR count). The number of hydrogen-bond donors (Lipinski definition) is 1. The van der Waals surface area contributed by atoms with Crippen molar-refractivity contribution >= 4 is 5.82 Å². The molecule has 19 heavy (non-hydrogen) atoms. The quantitative estimate of drug-likeness (QED) is 0.917. The minimum absolute atomic E-state index is 0.378. The fourth-order valence-corrected chi connectivity index (χ4v) is 2.75. The highest BCUT2D eigenvalue weighted by Crippen LogP contribution is 2.35. The third kappa shape index (κ3) is 2.35. The zero-order valence-electron chi connectivity index (χ0n) is 11.7. The summed E-state index contributed by atoms with van der Waals surface area (Å²) >= 11 is 0. The molecule has 4 heteroatoms. The van der Waals surface area contributed by atoms with E-state index < -0.39 is 0 Å². The minimum Gasteiger partial charge on any atom is -0.369 e. The number of aromatic nitrogens is 3. The van der Waals surface area contributed by atoms with E-state index in [1.165, 1.54) is 16.7 Å². The second kappa shape index (κ2) is 4.68. The fourth-order valence-electron chi connectivity index (χ4n) is 2.75. The summed E-state index contributed by atoms with van der Waals surface area (Å²) in [6.45, 7) is 5.40. The summed E-state index contributed by atoms with van der Waals surface area (Å²) in [5.74, 6) is 2.07. The van der Waals surface area contributed by atoms with E-state index in [1.54, 1.807) is 0 Å². The Morgan fingerprint density at radius 3 is 2.95 bits per heavy atom. The van der Waals surface area contributed by atoms with Crippen LogP contribution in [0.5, 0.6) is 0 Å². The fraction of sp³-hybridized carbons (Fsp3) is 0.467. The highest BCUT2D eigenvalue weighted by Gasteiger charge is 2.26. The Labute approximate surface area is 113 Å². The zero-order chi connectivity index (χ0) is 13.4. The third-order valence-electron chi connectivity index (χ3n) is 3.59. The molecule has 2 aromatic heterocycles. The Kier molecular flexibility index (Phi) is 3.01. The van der Waals surface area contributed by atoms with Gasteiger partial charge < -0.3 is 5.32 Å². The van der Waals surface area contributed by atoms with Crippen LogP contribution >= 0.6 is 0 Å². The SMILES string of the molecule is CC(C)Cc1cnc2c(c1)C(c1cnn(C)c1)CN2. The van der Waals surface area contributed by atoms with Crippen molar-refractivity contribution in [2.45, 2.75) is 26.2 Å². The molecule has 1 atom stereocenters. The maximum absolute atomic E-state index is 4.56. The first-order chi connectivity index (χ1) is 9.13. The van der Waals surface area contributed by atoms with Gasteiger partial charge >= 0.3 is 0 Å². The van der Waals surface area contributed by atoms with Crippen LogP contribution in [0, 0.1) is 5.92 Å². The first kappa shape index (κ1) is 12.2. The maximum atomic E-state index is 4.56. The number of pyridine rings is 1. The number of hydrogen-bond acceptors (Lipinski definition) is 3. The smallest absolute Gasteiger partial charge is 0.129 e. The van der Waals surface area contributed by atoms with Crippen molar-refractivity contribution in [3.05, 3.63) is 41.3 Å². The zero-order valence-corrected chi connectivity index (χ0v) is 11.7. The maximum Gasteiger partial charge on any atom is 0.129 e. The van der Waals surface area contributed by atoms with Crippen LogP contribution in [0.4, 0.5) is 5.82 Å². The molecular formula is C15H20N4. The molecule has 1 aliphatic heterocycles. The first-order valence-corrected chi connectivity index (χ1v) is 6.84. The molecule has 0 aliphatic carbocycles. The van der Waals surface area contributed by atoms with E-state index in [-0.39, 0.29) is 0 Å². The van der Waals surface area contributed by atoms with Gasteiger partial charge in [0.15, 0.2) is 0 Å². The van der Waals surface area contributed by atoms with E-state index in [0.717, 1.165) is 18.8 Å². The van der Waals surface area contributed by atoms with Gasteiger partial charge in [-0.05, 0) is 29.5 Å². The number of aryl methyl sites for hydroxylation is 1. The number of anilines is 1. The monoisotopic (exact) mass is 256 g/mol. The van der Waals surface area contributed by atoms with Gasteiger partial charge in [0, 0.05) is 37.5 Å². The van der Waals surface area contributed by atoms with Gasteiger partial charge in [-0.15, -0.1) is 0 Å². The summed E-state index contributed by atoms with van der Waals surface area (Å²) in [7, 11) is 1.96. The molecule has 0 saturated heterocycles. The van der Waals surface area contributed by atoms with Crippen LogP contribution in [0.15, 0.2) is 24.7 Å². The summed E-state index contributed by atoms with van der Waals surface area (Å²) < 4.78 is 1.86. The van der Waals surface area contributed by atoms with Crippen LogP contribution in [0.25, 0.3) is 0 Å². The largest absolute Gasteiger partial charge is 0.369 e. The van der Waals surface area contributed by atoms with E-state index in [9.17, 15) is 0 Å². The Bertz CT molecular complexity index is 586. The van der Waals surface area contributed by atoms with Crippen LogP contribution in [0.3, 0.4) is 0 Å². The molecule has 4 nitrogen and oxygen atoms in total. The lowest BCUT2D eigenvalue weighted by Gasteiger charge is -2.10. The molecule has 0 fully saturated rings. The molecule has 0 saturated carbocycles. The summed E-state index contributed by atoms with van der Waals surface area (Å²) in [6, 6.07) is 2.31. The van der Waals surface area contributed by atoms with Gasteiger partial charge in [-0.2, -0.15) is 5.10 Å². The molecule has 0 amide bonds. The lowest BCUT2D eigenvalue weighted by molar-refractivity contribution is 0.645. The number of nitrogens with zero attached hydrogens (tertiary/aromatic N) is 3. The van der Waals surface area contributed by atoms with Crippen molar-refractivity contribution in [1.29, 1.82) is 0 Å². The molecule has 100 valence electrons. The summed E-state index contributed by atoms with van der Waals surface area (Å²) in [6.07, 6.45) is 7.13. The average Bonchev–Trinajstić information content (AvgIpc) is 2.94. The molecule has 1 unspecified atom stereocenters. The average molecular weight is 256 g/mol. The third-order valence-corrected chi connectivity index (χ3v) is 3.59. The van der Waals surface area contributed by atoms with Crippen molar-refractivity contribution < 1.29 is 0 Å². The topological polar surface area (TPSA) is 42.7 Å². The number of rotatable bonds is 3. The predicted molar refractivity (Wildman–Crippen MR) is 76.3 cm³/mol. The summed E-state index contributed by atoms with van der Waals surface area (Å²) in [5, 5.41) is 7.66. The van der Waals surface area contributed by atoms with E-state index in [2.05, 4.69) is 41.5 Å². The van der Waals surface area contributed by atoms with Crippen molar-refractivity contribution in [2.75, 3.05) is 11.9 Å². The lowest BCUT2D eigenvalue weighted by atomic mass is 9.94. The summed E-state index contributed by atoms with van der Waals surface area (Å²) in [4.78, 5) is 4.56. The predicted octanol–water partition coefficient (Wildman–Crippen LogP) is 2.57. The van der Waals surface area contributed by atoms with Crippen molar-refractivity contribution in [2.24, 2.45) is 13.0 Å². The molecule has 0 bridgehead atoms. The lowest BCUT2D eigenvalue weighted by Crippen LogP contribution is -2.03. The van der Waals surface area contributed by atoms with Crippen molar-refractivity contribution in [3.8, 4) is 0 Å². The Hall–Kier alpha value is -1.84. The van der Waals surface area contributed by atoms with Crippen LogP contribution in [-0.2, 0) is 13.5 Å². The molecule has 3 heterocycles. The summed E-state index contributed by atoms with van der Waals surface area (Å²) in [5.41, 5.74) is 3.90. The van der Waals surface area contributed by atoms with Gasteiger partial charge in [-0.3, -0.25) is 4.68 Å². The van der Waals surface area contributed by atoms with E-state index in [0.29, 0.717) is 11.8 Å². The standard InChI is InChI=1S/C15H20N4/c1-10(2)4-11-5-13-14(8-17-15(13)16-6-11)12-7-18-19(3)9-12/h5-7,9-10,14H,4,8H2,1-3H3,(H,16,17). The van der Waals surface area contributed by atoms with Gasteiger partial charge in [0.25, 0.3) is 0 Å². The second-order valence-electron chi connectivity index (χ2n) is 5.76. The number of nitrogens with one attached hydrogen (secondary N) is 1. The van der Waals surface area contributed by atoms with Gasteiger partial charge in [0.1, 0.15) is 5.82 Å². The molecule has 0 spiro atoms. The minimum atomic E-state index is 0.378. The van der Waals surface area contributed by atoms with Crippen LogP contribution in [0.2, 0.25) is 0 Å². The van der Waals surface area contributed by atoms with Crippen LogP contribution < -0.4 is 5.32 Å². The van der Waals surface area contributed by atoms with Crippen LogP contribution in [-0.4, -0.2) is 21.3 Å². The molecule has 0 radical (unpaired) electrons. The van der Waals surface area contributed by atoms with E-state index in [1.807, 2.05) is 24.1 Å². The highest BCUT2D eigenvalue weighted by molar-refractivity contribution is 5.56. The Balaban J connectivity index is 1.94. The van der Waals surface area contributed by atoms with Crippen molar-refractivity contribution in [3.63, 3.8) is 0 Å². The number of fused-ring (bicyclic) bond motifs is 1. The second-order valence-corrected chi connectivity index (χ2v) is 5.76.